The summed E-state index contributed by atoms with van der Waals surface area (Å²) in [5.74, 6) is 1.53. The van der Waals surface area contributed by atoms with Crippen LogP contribution in [0.25, 0.3) is 33.5 Å². The van der Waals surface area contributed by atoms with Crippen molar-refractivity contribution in [1.29, 1.82) is 0 Å². The van der Waals surface area contributed by atoms with Gasteiger partial charge in [0.25, 0.3) is 0 Å². The second kappa shape index (κ2) is 7.96. The SMILES string of the molecule is Cc1nc(N[C@@H](C)c2cccc(-c3ccnn3C)c2)cc(-c2ccc3occ(C)c3c2)n1. The molecule has 6 heteroatoms. The first-order chi connectivity index (χ1) is 15.5. The molecule has 0 saturated carbocycles. The van der Waals surface area contributed by atoms with Gasteiger partial charge in [-0.15, -0.1) is 0 Å². The molecule has 0 spiro atoms. The number of aryl methyl sites for hydroxylation is 3. The minimum absolute atomic E-state index is 0.0731. The molecule has 0 aliphatic heterocycles. The van der Waals surface area contributed by atoms with E-state index in [4.69, 9.17) is 4.42 Å². The first kappa shape index (κ1) is 20.0. The second-order valence-electron chi connectivity index (χ2n) is 8.15. The normalized spacial score (nSPS) is 12.2. The molecule has 5 aromatic rings. The van der Waals surface area contributed by atoms with Gasteiger partial charge in [0.2, 0.25) is 0 Å². The van der Waals surface area contributed by atoms with Crippen molar-refractivity contribution >= 4 is 16.8 Å². The predicted molar refractivity (Wildman–Crippen MR) is 127 cm³/mol. The number of nitrogens with zero attached hydrogens (tertiary/aromatic N) is 4. The molecule has 3 aromatic heterocycles. The van der Waals surface area contributed by atoms with Crippen LogP contribution in [-0.2, 0) is 7.05 Å². The summed E-state index contributed by atoms with van der Waals surface area (Å²) in [5.41, 5.74) is 7.34. The molecule has 1 N–H and O–H groups in total. The van der Waals surface area contributed by atoms with Gasteiger partial charge in [-0.1, -0.05) is 18.2 Å². The van der Waals surface area contributed by atoms with Gasteiger partial charge < -0.3 is 9.73 Å². The number of anilines is 1. The summed E-state index contributed by atoms with van der Waals surface area (Å²) in [6.07, 6.45) is 3.60. The molecule has 160 valence electrons. The van der Waals surface area contributed by atoms with Gasteiger partial charge in [0.1, 0.15) is 17.2 Å². The van der Waals surface area contributed by atoms with Crippen LogP contribution < -0.4 is 5.32 Å². The van der Waals surface area contributed by atoms with E-state index in [1.165, 1.54) is 5.56 Å². The largest absolute Gasteiger partial charge is 0.464 e. The van der Waals surface area contributed by atoms with Gasteiger partial charge in [0, 0.05) is 41.9 Å². The molecule has 5 rings (SSSR count). The number of rotatable bonds is 5. The number of benzene rings is 2. The standard InChI is InChI=1S/C26H25N5O/c1-16-15-32-25-9-8-20(13-22(16)25)23-14-26(30-18(3)29-23)28-17(2)19-6-5-7-21(12-19)24-10-11-27-31(24)4/h5-15,17H,1-4H3,(H,28,29,30)/t17-/m0/s1. The summed E-state index contributed by atoms with van der Waals surface area (Å²) in [5, 5.41) is 8.94. The predicted octanol–water partition coefficient (Wildman–Crippen LogP) is 6.08. The Hall–Kier alpha value is -3.93. The molecule has 2 aromatic carbocycles. The van der Waals surface area contributed by atoms with E-state index in [0.717, 1.165) is 50.7 Å². The highest BCUT2D eigenvalue weighted by atomic mass is 16.3. The summed E-state index contributed by atoms with van der Waals surface area (Å²) in [6.45, 7) is 6.11. The molecular formula is C26H25N5O. The van der Waals surface area contributed by atoms with Crippen molar-refractivity contribution in [2.45, 2.75) is 26.8 Å². The van der Waals surface area contributed by atoms with E-state index in [0.29, 0.717) is 0 Å². The Labute approximate surface area is 186 Å². The highest BCUT2D eigenvalue weighted by Gasteiger charge is 2.12. The molecular weight excluding hydrogens is 398 g/mol. The highest BCUT2D eigenvalue weighted by Crippen LogP contribution is 2.29. The first-order valence-corrected chi connectivity index (χ1v) is 10.7. The van der Waals surface area contributed by atoms with E-state index in [9.17, 15) is 0 Å². The van der Waals surface area contributed by atoms with E-state index in [-0.39, 0.29) is 6.04 Å². The minimum atomic E-state index is 0.0731. The van der Waals surface area contributed by atoms with Gasteiger partial charge in [-0.25, -0.2) is 9.97 Å². The summed E-state index contributed by atoms with van der Waals surface area (Å²) in [6, 6.07) is 18.8. The van der Waals surface area contributed by atoms with E-state index in [1.54, 1.807) is 6.26 Å². The third kappa shape index (κ3) is 3.75. The Morgan fingerprint density at radius 2 is 1.84 bits per heavy atom. The zero-order chi connectivity index (χ0) is 22.2. The Balaban J connectivity index is 1.44. The lowest BCUT2D eigenvalue weighted by Crippen LogP contribution is -2.09. The summed E-state index contributed by atoms with van der Waals surface area (Å²) >= 11 is 0. The van der Waals surface area contributed by atoms with Crippen LogP contribution in [-0.4, -0.2) is 19.7 Å². The van der Waals surface area contributed by atoms with Crippen LogP contribution >= 0.6 is 0 Å². The minimum Gasteiger partial charge on any atom is -0.464 e. The van der Waals surface area contributed by atoms with E-state index < -0.39 is 0 Å². The Morgan fingerprint density at radius 1 is 0.969 bits per heavy atom. The van der Waals surface area contributed by atoms with Crippen LogP contribution in [0.5, 0.6) is 0 Å². The average molecular weight is 424 g/mol. The van der Waals surface area contributed by atoms with Gasteiger partial charge in [0.05, 0.1) is 17.7 Å². The zero-order valence-corrected chi connectivity index (χ0v) is 18.6. The molecule has 0 saturated heterocycles. The van der Waals surface area contributed by atoms with Crippen molar-refractivity contribution in [3.8, 4) is 22.5 Å². The third-order valence-electron chi connectivity index (χ3n) is 5.77. The Bertz CT molecular complexity index is 1420. The maximum atomic E-state index is 5.58. The molecule has 0 amide bonds. The van der Waals surface area contributed by atoms with Crippen LogP contribution in [0.2, 0.25) is 0 Å². The fourth-order valence-corrected chi connectivity index (χ4v) is 4.03. The van der Waals surface area contributed by atoms with Gasteiger partial charge in [0.15, 0.2) is 0 Å². The highest BCUT2D eigenvalue weighted by molar-refractivity contribution is 5.85. The molecule has 0 bridgehead atoms. The zero-order valence-electron chi connectivity index (χ0n) is 18.6. The van der Waals surface area contributed by atoms with E-state index in [2.05, 4.69) is 64.6 Å². The van der Waals surface area contributed by atoms with Gasteiger partial charge in [-0.2, -0.15) is 5.10 Å². The topological polar surface area (TPSA) is 68.8 Å². The van der Waals surface area contributed by atoms with Crippen LogP contribution in [0.1, 0.15) is 29.9 Å². The number of aromatic nitrogens is 4. The molecule has 0 radical (unpaired) electrons. The fraction of sp³-hybridized carbons (Fsp3) is 0.192. The lowest BCUT2D eigenvalue weighted by atomic mass is 10.0. The number of hydrogen-bond acceptors (Lipinski definition) is 5. The molecule has 0 unspecified atom stereocenters. The Morgan fingerprint density at radius 3 is 2.66 bits per heavy atom. The molecule has 0 aliphatic carbocycles. The van der Waals surface area contributed by atoms with Gasteiger partial charge in [-0.3, -0.25) is 4.68 Å². The summed E-state index contributed by atoms with van der Waals surface area (Å²) in [7, 11) is 1.96. The van der Waals surface area contributed by atoms with Crippen LogP contribution in [0.4, 0.5) is 5.82 Å². The van der Waals surface area contributed by atoms with Gasteiger partial charge >= 0.3 is 0 Å². The second-order valence-corrected chi connectivity index (χ2v) is 8.15. The molecule has 0 fully saturated rings. The van der Waals surface area contributed by atoms with Crippen molar-refractivity contribution in [2.24, 2.45) is 7.05 Å². The number of furan rings is 1. The molecule has 1 atom stereocenters. The number of hydrogen-bond donors (Lipinski definition) is 1. The van der Waals surface area contributed by atoms with Crippen molar-refractivity contribution in [1.82, 2.24) is 19.7 Å². The van der Waals surface area contributed by atoms with E-state index >= 15 is 0 Å². The molecule has 6 nitrogen and oxygen atoms in total. The van der Waals surface area contributed by atoms with Crippen molar-refractivity contribution < 1.29 is 4.42 Å². The smallest absolute Gasteiger partial charge is 0.134 e. The average Bonchev–Trinajstić information content (AvgIpc) is 3.38. The monoisotopic (exact) mass is 423 g/mol. The molecule has 0 aliphatic rings. The third-order valence-corrected chi connectivity index (χ3v) is 5.77. The summed E-state index contributed by atoms with van der Waals surface area (Å²) in [4.78, 5) is 9.30. The molecule has 32 heavy (non-hydrogen) atoms. The molecule has 3 heterocycles. The lowest BCUT2D eigenvalue weighted by molar-refractivity contribution is 0.613. The van der Waals surface area contributed by atoms with Crippen molar-refractivity contribution in [3.63, 3.8) is 0 Å². The van der Waals surface area contributed by atoms with E-state index in [1.807, 2.05) is 49.1 Å². The van der Waals surface area contributed by atoms with Crippen LogP contribution in [0.3, 0.4) is 0 Å². The van der Waals surface area contributed by atoms with Crippen LogP contribution in [0, 0.1) is 13.8 Å². The van der Waals surface area contributed by atoms with Crippen molar-refractivity contribution in [2.75, 3.05) is 5.32 Å². The fourth-order valence-electron chi connectivity index (χ4n) is 4.03. The summed E-state index contributed by atoms with van der Waals surface area (Å²) < 4.78 is 7.47. The first-order valence-electron chi connectivity index (χ1n) is 10.7. The van der Waals surface area contributed by atoms with Gasteiger partial charge in [-0.05, 0) is 62.2 Å². The Kier molecular flexibility index (Phi) is 4.98. The number of nitrogens with one attached hydrogen (secondary N) is 1. The maximum absolute atomic E-state index is 5.58. The quantitative estimate of drug-likeness (QED) is 0.371. The van der Waals surface area contributed by atoms with Crippen molar-refractivity contribution in [3.05, 3.63) is 84.0 Å². The number of fused-ring (bicyclic) bond motifs is 1. The lowest BCUT2D eigenvalue weighted by Gasteiger charge is -2.17. The van der Waals surface area contributed by atoms with Crippen LogP contribution in [0.15, 0.2) is 71.5 Å². The maximum Gasteiger partial charge on any atom is 0.134 e.